The molecule has 0 saturated carbocycles. The quantitative estimate of drug-likeness (QED) is 0.439. The van der Waals surface area contributed by atoms with Crippen molar-refractivity contribution in [3.63, 3.8) is 0 Å². The minimum atomic E-state index is -3.99. The summed E-state index contributed by atoms with van der Waals surface area (Å²) >= 11 is 5.87. The zero-order chi connectivity index (χ0) is 25.9. The molecule has 4 heterocycles. The molecule has 0 spiro atoms. The number of methoxy groups -OCH3 is 2. The number of ether oxygens (including phenoxy) is 2. The molecule has 3 atom stereocenters. The van der Waals surface area contributed by atoms with Crippen LogP contribution in [0.4, 0.5) is 5.95 Å². The Morgan fingerprint density at radius 2 is 1.92 bits per heavy atom. The molecule has 0 fully saturated rings. The molecule has 0 aromatic carbocycles. The van der Waals surface area contributed by atoms with E-state index in [9.17, 15) is 8.42 Å². The van der Waals surface area contributed by atoms with Crippen molar-refractivity contribution in [2.24, 2.45) is 4.99 Å². The highest BCUT2D eigenvalue weighted by molar-refractivity contribution is 7.93. The van der Waals surface area contributed by atoms with Gasteiger partial charge in [0.1, 0.15) is 17.6 Å². The zero-order valence-corrected chi connectivity index (χ0v) is 21.6. The van der Waals surface area contributed by atoms with E-state index in [1.807, 2.05) is 0 Å². The Kier molecular flexibility index (Phi) is 7.62. The minimum absolute atomic E-state index is 0.0476. The van der Waals surface area contributed by atoms with E-state index in [-0.39, 0.29) is 11.8 Å². The highest BCUT2D eigenvalue weighted by atomic mass is 35.5. The molecular formula is C22H25ClN8O4S. The van der Waals surface area contributed by atoms with Crippen LogP contribution in [0.2, 0.25) is 5.02 Å². The van der Waals surface area contributed by atoms with E-state index < -0.39 is 27.3 Å². The van der Waals surface area contributed by atoms with Crippen LogP contribution in [0.15, 0.2) is 47.8 Å². The Balaban J connectivity index is 1.79. The lowest BCUT2D eigenvalue weighted by atomic mass is 10.1. The number of nitrogens with zero attached hydrogens (tertiary/aromatic N) is 7. The summed E-state index contributed by atoms with van der Waals surface area (Å²) in [6.07, 6.45) is 7.70. The molecule has 0 aliphatic carbocycles. The number of aliphatic imine (C=N–C) groups is 1. The molecule has 1 aliphatic rings. The van der Waals surface area contributed by atoms with E-state index in [0.717, 1.165) is 0 Å². The maximum Gasteiger partial charge on any atom is 0.243 e. The first-order valence-electron chi connectivity index (χ1n) is 11.0. The van der Waals surface area contributed by atoms with Crippen molar-refractivity contribution in [3.05, 3.63) is 53.7 Å². The topological polar surface area (TPSA) is 146 Å². The smallest absolute Gasteiger partial charge is 0.243 e. The molecule has 12 nitrogen and oxygen atoms in total. The zero-order valence-electron chi connectivity index (χ0n) is 20.0. The Morgan fingerprint density at radius 1 is 1.17 bits per heavy atom. The van der Waals surface area contributed by atoms with E-state index >= 15 is 0 Å². The lowest BCUT2D eigenvalue weighted by Crippen LogP contribution is -2.32. The van der Waals surface area contributed by atoms with Crippen LogP contribution < -0.4 is 4.72 Å². The predicted molar refractivity (Wildman–Crippen MR) is 135 cm³/mol. The standard InChI is InChI=1S/C22H25ClN8O4S/c1-13(19-26-11-16(23)12-27-19)14(2)36(32,33)30-22-29-28-20(15-6-5-8-24-10-15)31(22)18-17(34-3)7-9-25-21(18)35-4/h5-6,8-14,17H,7H2,1-4H3,(H,29,30)/t13-,14-,17?/m1/s1. The summed E-state index contributed by atoms with van der Waals surface area (Å²) in [7, 11) is -0.977. The molecule has 0 bridgehead atoms. The van der Waals surface area contributed by atoms with Crippen molar-refractivity contribution >= 4 is 39.5 Å². The summed E-state index contributed by atoms with van der Waals surface area (Å²) < 4.78 is 42.2. The number of nitrogens with one attached hydrogen (secondary N) is 1. The van der Waals surface area contributed by atoms with Crippen LogP contribution in [0, 0.1) is 0 Å². The Hall–Kier alpha value is -3.42. The van der Waals surface area contributed by atoms with Gasteiger partial charge in [-0.15, -0.1) is 10.2 Å². The van der Waals surface area contributed by atoms with Crippen molar-refractivity contribution in [1.82, 2.24) is 29.7 Å². The molecular weight excluding hydrogens is 508 g/mol. The monoisotopic (exact) mass is 532 g/mol. The molecule has 0 saturated heterocycles. The van der Waals surface area contributed by atoms with Crippen LogP contribution in [-0.2, 0) is 19.5 Å². The molecule has 4 rings (SSSR count). The summed E-state index contributed by atoms with van der Waals surface area (Å²) in [6.45, 7) is 3.29. The second-order valence-corrected chi connectivity index (χ2v) is 10.5. The largest absolute Gasteiger partial charge is 0.480 e. The SMILES string of the molecule is COC1=C(n2c(NS(=O)(=O)[C@H](C)[C@@H](C)c3ncc(Cl)cn3)nnc2-c2cccnc2)C(OC)CC=N1. The number of hydrogen-bond acceptors (Lipinski definition) is 10. The average molecular weight is 533 g/mol. The second-order valence-electron chi connectivity index (χ2n) is 7.99. The van der Waals surface area contributed by atoms with Crippen LogP contribution in [0.5, 0.6) is 0 Å². The van der Waals surface area contributed by atoms with Gasteiger partial charge in [0.25, 0.3) is 0 Å². The maximum atomic E-state index is 13.5. The summed E-state index contributed by atoms with van der Waals surface area (Å²) in [5.74, 6) is 0.336. The third kappa shape index (κ3) is 5.08. The Morgan fingerprint density at radius 3 is 2.56 bits per heavy atom. The van der Waals surface area contributed by atoms with E-state index in [4.69, 9.17) is 21.1 Å². The van der Waals surface area contributed by atoms with Gasteiger partial charge < -0.3 is 9.47 Å². The fourth-order valence-electron chi connectivity index (χ4n) is 3.67. The summed E-state index contributed by atoms with van der Waals surface area (Å²) in [4.78, 5) is 16.8. The number of halogens is 1. The van der Waals surface area contributed by atoms with Gasteiger partial charge in [0.05, 0.1) is 17.4 Å². The number of anilines is 1. The van der Waals surface area contributed by atoms with Crippen LogP contribution in [0.3, 0.4) is 0 Å². The molecule has 190 valence electrons. The predicted octanol–water partition coefficient (Wildman–Crippen LogP) is 2.98. The third-order valence-electron chi connectivity index (χ3n) is 5.83. The van der Waals surface area contributed by atoms with Crippen LogP contribution in [0.25, 0.3) is 17.1 Å². The van der Waals surface area contributed by atoms with Gasteiger partial charge in [-0.05, 0) is 19.1 Å². The summed E-state index contributed by atoms with van der Waals surface area (Å²) in [5, 5.41) is 7.87. The first-order chi connectivity index (χ1) is 17.3. The number of rotatable bonds is 9. The van der Waals surface area contributed by atoms with Crippen molar-refractivity contribution in [3.8, 4) is 11.4 Å². The lowest BCUT2D eigenvalue weighted by molar-refractivity contribution is 0.143. The molecule has 1 unspecified atom stereocenters. The van der Waals surface area contributed by atoms with E-state index in [0.29, 0.717) is 34.4 Å². The highest BCUT2D eigenvalue weighted by Gasteiger charge is 2.34. The number of pyridine rings is 1. The average Bonchev–Trinajstić information content (AvgIpc) is 3.30. The van der Waals surface area contributed by atoms with Crippen molar-refractivity contribution < 1.29 is 17.9 Å². The van der Waals surface area contributed by atoms with Gasteiger partial charge in [0.2, 0.25) is 21.9 Å². The van der Waals surface area contributed by atoms with Crippen molar-refractivity contribution in [1.29, 1.82) is 0 Å². The van der Waals surface area contributed by atoms with Gasteiger partial charge in [-0.2, -0.15) is 0 Å². The van der Waals surface area contributed by atoms with Crippen LogP contribution in [0.1, 0.15) is 32.0 Å². The second kappa shape index (κ2) is 10.7. The minimum Gasteiger partial charge on any atom is -0.480 e. The molecule has 36 heavy (non-hydrogen) atoms. The third-order valence-corrected chi connectivity index (χ3v) is 7.88. The molecule has 3 aromatic heterocycles. The fraction of sp³-hybridized carbons (Fsp3) is 0.364. The van der Waals surface area contributed by atoms with Gasteiger partial charge in [0.15, 0.2) is 5.82 Å². The summed E-state index contributed by atoms with van der Waals surface area (Å²) in [6, 6.07) is 3.53. The van der Waals surface area contributed by atoms with Crippen LogP contribution >= 0.6 is 11.6 Å². The van der Waals surface area contributed by atoms with E-state index in [1.54, 1.807) is 51.7 Å². The molecule has 0 radical (unpaired) electrons. The molecule has 1 N–H and O–H groups in total. The fourth-order valence-corrected chi connectivity index (χ4v) is 5.00. The first kappa shape index (κ1) is 25.7. The first-order valence-corrected chi connectivity index (χ1v) is 12.9. The highest BCUT2D eigenvalue weighted by Crippen LogP contribution is 2.33. The van der Waals surface area contributed by atoms with Gasteiger partial charge in [0, 0.05) is 56.0 Å². The van der Waals surface area contributed by atoms with Gasteiger partial charge in [-0.1, -0.05) is 18.5 Å². The molecule has 14 heteroatoms. The van der Waals surface area contributed by atoms with Crippen molar-refractivity contribution in [2.45, 2.75) is 37.5 Å². The Labute approximate surface area is 213 Å². The maximum absolute atomic E-state index is 13.5. The Bertz CT molecular complexity index is 1380. The lowest BCUT2D eigenvalue weighted by Gasteiger charge is -2.25. The normalized spacial score (nSPS) is 17.6. The number of aromatic nitrogens is 6. The van der Waals surface area contributed by atoms with Gasteiger partial charge >= 0.3 is 0 Å². The van der Waals surface area contributed by atoms with Gasteiger partial charge in [-0.25, -0.2) is 23.4 Å². The van der Waals surface area contributed by atoms with Crippen molar-refractivity contribution in [2.75, 3.05) is 18.9 Å². The number of hydrogen-bond donors (Lipinski definition) is 1. The van der Waals surface area contributed by atoms with Gasteiger partial charge in [-0.3, -0.25) is 14.3 Å². The molecule has 0 amide bonds. The molecule has 1 aliphatic heterocycles. The van der Waals surface area contributed by atoms with E-state index in [1.165, 1.54) is 24.1 Å². The van der Waals surface area contributed by atoms with E-state index in [2.05, 4.69) is 34.9 Å². The summed E-state index contributed by atoms with van der Waals surface area (Å²) in [5.41, 5.74) is 1.06. The van der Waals surface area contributed by atoms with Crippen LogP contribution in [-0.4, -0.2) is 69.9 Å². The number of sulfonamides is 1. The molecule has 3 aromatic rings.